The molecule has 0 atom stereocenters. The first kappa shape index (κ1) is 23.9. The second-order valence-electron chi connectivity index (χ2n) is 7.83. The van der Waals surface area contributed by atoms with Gasteiger partial charge in [0.15, 0.2) is 5.16 Å². The maximum absolute atomic E-state index is 11.4. The molecule has 0 saturated carbocycles. The highest BCUT2D eigenvalue weighted by molar-refractivity contribution is 7.99. The standard InChI is InChI=1S/C27H32N2O2S/c1-2-3-7-18-23(26(30)31)19-12-6-13-20-32-27-28-24(21-14-8-4-9-15-21)25(29-27)22-16-10-5-11-17-22/h4-5,8-11,14-17,19H,2-3,6-7,12-13,18,20H2,1H3,(H,28,29)(H,30,31)/b23-19+. The Morgan fingerprint density at radius 1 is 0.969 bits per heavy atom. The molecular formula is C27H32N2O2S. The lowest BCUT2D eigenvalue weighted by atomic mass is 10.1. The van der Waals surface area contributed by atoms with E-state index in [0.717, 1.165) is 71.9 Å². The summed E-state index contributed by atoms with van der Waals surface area (Å²) in [7, 11) is 0. The Morgan fingerprint density at radius 2 is 1.66 bits per heavy atom. The summed E-state index contributed by atoms with van der Waals surface area (Å²) < 4.78 is 0. The SMILES string of the molecule is CCCCC/C(=C\CCCCSc1nc(-c2ccccc2)c(-c2ccccc2)[nH]1)C(=O)O. The van der Waals surface area contributed by atoms with Gasteiger partial charge in [-0.3, -0.25) is 0 Å². The topological polar surface area (TPSA) is 66.0 Å². The van der Waals surface area contributed by atoms with E-state index in [4.69, 9.17) is 4.98 Å². The lowest BCUT2D eigenvalue weighted by Crippen LogP contribution is -2.00. The van der Waals surface area contributed by atoms with Crippen LogP contribution in [0.3, 0.4) is 0 Å². The number of imidazole rings is 1. The zero-order chi connectivity index (χ0) is 22.6. The van der Waals surface area contributed by atoms with Gasteiger partial charge in [0.25, 0.3) is 0 Å². The van der Waals surface area contributed by atoms with Crippen molar-refractivity contribution in [2.24, 2.45) is 0 Å². The van der Waals surface area contributed by atoms with Gasteiger partial charge in [0.2, 0.25) is 0 Å². The maximum Gasteiger partial charge on any atom is 0.331 e. The number of carbonyl (C=O) groups is 1. The minimum atomic E-state index is -0.770. The first-order chi connectivity index (χ1) is 15.7. The molecule has 2 N–H and O–H groups in total. The molecule has 5 heteroatoms. The molecule has 0 saturated heterocycles. The van der Waals surface area contributed by atoms with E-state index in [-0.39, 0.29) is 0 Å². The third kappa shape index (κ3) is 7.13. The number of thioether (sulfide) groups is 1. The molecule has 1 heterocycles. The molecule has 0 fully saturated rings. The van der Waals surface area contributed by atoms with Crippen molar-refractivity contribution in [3.8, 4) is 22.5 Å². The fourth-order valence-electron chi connectivity index (χ4n) is 3.59. The van der Waals surface area contributed by atoms with Crippen LogP contribution < -0.4 is 0 Å². The van der Waals surface area contributed by atoms with Gasteiger partial charge in [-0.15, -0.1) is 0 Å². The first-order valence-electron chi connectivity index (χ1n) is 11.4. The molecule has 1 aromatic heterocycles. The Hall–Kier alpha value is -2.79. The summed E-state index contributed by atoms with van der Waals surface area (Å²) in [4.78, 5) is 19.8. The quantitative estimate of drug-likeness (QED) is 0.160. The van der Waals surface area contributed by atoms with Gasteiger partial charge in [0.1, 0.15) is 0 Å². The molecule has 4 nitrogen and oxygen atoms in total. The molecule has 0 amide bonds. The molecule has 0 aliphatic carbocycles. The summed E-state index contributed by atoms with van der Waals surface area (Å²) in [6.07, 6.45) is 8.55. The van der Waals surface area contributed by atoms with E-state index >= 15 is 0 Å². The van der Waals surface area contributed by atoms with Crippen molar-refractivity contribution in [3.05, 3.63) is 72.3 Å². The summed E-state index contributed by atoms with van der Waals surface area (Å²) in [5.41, 5.74) is 4.81. The van der Waals surface area contributed by atoms with Gasteiger partial charge in [-0.2, -0.15) is 0 Å². The molecule has 0 spiro atoms. The van der Waals surface area contributed by atoms with Crippen LogP contribution in [0.1, 0.15) is 51.9 Å². The van der Waals surface area contributed by atoms with Gasteiger partial charge < -0.3 is 10.1 Å². The van der Waals surface area contributed by atoms with Crippen LogP contribution in [0.25, 0.3) is 22.5 Å². The smallest absolute Gasteiger partial charge is 0.331 e. The third-order valence-corrected chi connectivity index (χ3v) is 6.30. The molecule has 0 aliphatic heterocycles. The van der Waals surface area contributed by atoms with E-state index in [1.54, 1.807) is 11.8 Å². The summed E-state index contributed by atoms with van der Waals surface area (Å²) in [5.74, 6) is 0.176. The van der Waals surface area contributed by atoms with E-state index < -0.39 is 5.97 Å². The number of carboxylic acids is 1. The molecule has 3 aromatic rings. The van der Waals surface area contributed by atoms with Crippen LogP contribution >= 0.6 is 11.8 Å². The van der Waals surface area contributed by atoms with Crippen LogP contribution in [0.4, 0.5) is 0 Å². The molecule has 0 unspecified atom stereocenters. The number of allylic oxidation sites excluding steroid dienone is 1. The molecule has 168 valence electrons. The Balaban J connectivity index is 1.57. The van der Waals surface area contributed by atoms with E-state index in [2.05, 4.69) is 36.2 Å². The zero-order valence-electron chi connectivity index (χ0n) is 18.7. The number of nitrogens with zero attached hydrogens (tertiary/aromatic N) is 1. The lowest BCUT2D eigenvalue weighted by molar-refractivity contribution is -0.132. The fourth-order valence-corrected chi connectivity index (χ4v) is 4.46. The molecule has 0 bridgehead atoms. The summed E-state index contributed by atoms with van der Waals surface area (Å²) in [6, 6.07) is 20.6. The number of benzene rings is 2. The van der Waals surface area contributed by atoms with Crippen molar-refractivity contribution in [2.75, 3.05) is 5.75 Å². The largest absolute Gasteiger partial charge is 0.478 e. The Bertz CT molecular complexity index is 940. The number of nitrogens with one attached hydrogen (secondary N) is 1. The van der Waals surface area contributed by atoms with E-state index in [1.807, 2.05) is 42.5 Å². The average molecular weight is 449 g/mol. The Morgan fingerprint density at radius 3 is 2.31 bits per heavy atom. The van der Waals surface area contributed by atoms with Crippen molar-refractivity contribution in [1.29, 1.82) is 0 Å². The van der Waals surface area contributed by atoms with Gasteiger partial charge in [-0.05, 0) is 32.1 Å². The van der Waals surface area contributed by atoms with Crippen LogP contribution in [-0.4, -0.2) is 26.8 Å². The normalized spacial score (nSPS) is 11.6. The molecule has 3 rings (SSSR count). The number of unbranched alkanes of at least 4 members (excludes halogenated alkanes) is 4. The predicted octanol–water partition coefficient (Wildman–Crippen LogP) is 7.60. The van der Waals surface area contributed by atoms with Gasteiger partial charge in [-0.25, -0.2) is 9.78 Å². The minimum Gasteiger partial charge on any atom is -0.478 e. The van der Waals surface area contributed by atoms with E-state index in [9.17, 15) is 9.90 Å². The molecule has 0 radical (unpaired) electrons. The van der Waals surface area contributed by atoms with Crippen LogP contribution in [0, 0.1) is 0 Å². The Kier molecular flexibility index (Phi) is 9.63. The van der Waals surface area contributed by atoms with Crippen molar-refractivity contribution in [2.45, 2.75) is 57.0 Å². The highest BCUT2D eigenvalue weighted by Crippen LogP contribution is 2.32. The van der Waals surface area contributed by atoms with E-state index in [0.29, 0.717) is 12.0 Å². The van der Waals surface area contributed by atoms with Crippen molar-refractivity contribution in [3.63, 3.8) is 0 Å². The Labute approximate surface area is 195 Å². The number of rotatable bonds is 13. The summed E-state index contributed by atoms with van der Waals surface area (Å²) in [6.45, 7) is 2.13. The van der Waals surface area contributed by atoms with Crippen LogP contribution in [0.5, 0.6) is 0 Å². The summed E-state index contributed by atoms with van der Waals surface area (Å²) >= 11 is 1.72. The van der Waals surface area contributed by atoms with Gasteiger partial charge in [-0.1, -0.05) is 98.3 Å². The van der Waals surface area contributed by atoms with Crippen molar-refractivity contribution < 1.29 is 9.90 Å². The number of hydrogen-bond acceptors (Lipinski definition) is 3. The number of carboxylic acid groups (broad SMARTS) is 1. The monoisotopic (exact) mass is 448 g/mol. The number of aliphatic carboxylic acids is 1. The highest BCUT2D eigenvalue weighted by Gasteiger charge is 2.14. The molecule has 2 aromatic carbocycles. The second kappa shape index (κ2) is 12.9. The van der Waals surface area contributed by atoms with Crippen LogP contribution in [0.15, 0.2) is 77.5 Å². The number of H-pyrrole nitrogens is 1. The number of hydrogen-bond donors (Lipinski definition) is 2. The molecule has 0 aliphatic rings. The van der Waals surface area contributed by atoms with Crippen molar-refractivity contribution >= 4 is 17.7 Å². The third-order valence-electron chi connectivity index (χ3n) is 5.34. The summed E-state index contributed by atoms with van der Waals surface area (Å²) in [5, 5.41) is 10.3. The maximum atomic E-state index is 11.4. The van der Waals surface area contributed by atoms with Crippen LogP contribution in [-0.2, 0) is 4.79 Å². The molecule has 32 heavy (non-hydrogen) atoms. The molecular weight excluding hydrogens is 416 g/mol. The van der Waals surface area contributed by atoms with Gasteiger partial charge >= 0.3 is 5.97 Å². The van der Waals surface area contributed by atoms with Crippen molar-refractivity contribution in [1.82, 2.24) is 9.97 Å². The number of aromatic nitrogens is 2. The number of aromatic amines is 1. The minimum absolute atomic E-state index is 0.567. The van der Waals surface area contributed by atoms with E-state index in [1.165, 1.54) is 0 Å². The lowest BCUT2D eigenvalue weighted by Gasteiger charge is -2.02. The first-order valence-corrected chi connectivity index (χ1v) is 12.4. The van der Waals surface area contributed by atoms with Gasteiger partial charge in [0, 0.05) is 22.5 Å². The predicted molar refractivity (Wildman–Crippen MR) is 134 cm³/mol. The average Bonchev–Trinajstić information content (AvgIpc) is 3.25. The van der Waals surface area contributed by atoms with Gasteiger partial charge in [0.05, 0.1) is 11.4 Å². The zero-order valence-corrected chi connectivity index (χ0v) is 19.5. The fraction of sp³-hybridized carbons (Fsp3) is 0.333. The van der Waals surface area contributed by atoms with Crippen LogP contribution in [0.2, 0.25) is 0 Å². The highest BCUT2D eigenvalue weighted by atomic mass is 32.2. The second-order valence-corrected chi connectivity index (χ2v) is 8.92.